The van der Waals surface area contributed by atoms with Gasteiger partial charge in [0.1, 0.15) is 49.4 Å². The van der Waals surface area contributed by atoms with Crippen molar-refractivity contribution in [3.63, 3.8) is 0 Å². The fourth-order valence-corrected chi connectivity index (χ4v) is 8.89. The first-order valence-corrected chi connectivity index (χ1v) is 28.5. The molecule has 5 rings (SSSR count). The number of rotatable bonds is 42. The Hall–Kier alpha value is -7.38. The second-order valence-electron chi connectivity index (χ2n) is 19.1. The van der Waals surface area contributed by atoms with Gasteiger partial charge < -0.3 is 99.6 Å². The minimum atomic E-state index is -0.370. The van der Waals surface area contributed by atoms with Gasteiger partial charge in [0.25, 0.3) is 0 Å². The highest BCUT2D eigenvalue weighted by molar-refractivity contribution is 5.96. The fourth-order valence-electron chi connectivity index (χ4n) is 8.89. The fraction of sp³-hybridized carbons (Fsp3) is 0.492. The molecular formula is C59H86N12O15. The number of guanidine groups is 2. The van der Waals surface area contributed by atoms with Crippen LogP contribution in [0.2, 0.25) is 0 Å². The number of hydrogen-bond acceptors (Lipinski definition) is 23. The van der Waals surface area contributed by atoms with E-state index < -0.39 is 0 Å². The van der Waals surface area contributed by atoms with E-state index in [1.807, 2.05) is 70.5 Å². The molecule has 0 saturated heterocycles. The van der Waals surface area contributed by atoms with Crippen LogP contribution in [0.5, 0.6) is 23.0 Å². The number of aliphatic hydroxyl groups is 11. The van der Waals surface area contributed by atoms with Crippen molar-refractivity contribution in [3.8, 4) is 23.0 Å². The predicted molar refractivity (Wildman–Crippen MR) is 325 cm³/mol. The number of hydrogen-bond donors (Lipinski definition) is 11. The molecule has 0 fully saturated rings. The summed E-state index contributed by atoms with van der Waals surface area (Å²) in [6.45, 7) is 2.68. The zero-order valence-corrected chi connectivity index (χ0v) is 48.8. The van der Waals surface area contributed by atoms with E-state index >= 15 is 0 Å². The molecule has 5 aromatic rings. The summed E-state index contributed by atoms with van der Waals surface area (Å²) in [7, 11) is 0. The van der Waals surface area contributed by atoms with Crippen molar-refractivity contribution in [3.05, 3.63) is 119 Å². The Labute approximate surface area is 501 Å². The van der Waals surface area contributed by atoms with Gasteiger partial charge >= 0.3 is 0 Å². The van der Waals surface area contributed by atoms with E-state index in [9.17, 15) is 56.2 Å². The number of benzene rings is 4. The summed E-state index contributed by atoms with van der Waals surface area (Å²) in [5, 5.41) is 110. The molecule has 27 heteroatoms. The van der Waals surface area contributed by atoms with E-state index in [-0.39, 0.29) is 214 Å². The first-order valence-electron chi connectivity index (χ1n) is 28.5. The molecule has 4 aromatic carbocycles. The number of anilines is 3. The van der Waals surface area contributed by atoms with Crippen molar-refractivity contribution >= 4 is 36.5 Å². The topological polar surface area (TPSA) is 355 Å². The lowest BCUT2D eigenvalue weighted by molar-refractivity contribution is 0.183. The molecule has 0 unspecified atom stereocenters. The quantitative estimate of drug-likeness (QED) is 0.0176. The summed E-state index contributed by atoms with van der Waals surface area (Å²) in [5.74, 6) is 2.58. The summed E-state index contributed by atoms with van der Waals surface area (Å²) in [4.78, 5) is 39.4. The average molecular weight is 1200 g/mol. The molecular weight excluding hydrogens is 1120 g/mol. The van der Waals surface area contributed by atoms with E-state index in [0.717, 1.165) is 11.1 Å². The molecule has 0 aliphatic carbocycles. The Morgan fingerprint density at radius 1 is 0.407 bits per heavy atom. The number of aliphatic hydroxyl groups excluding tert-OH is 11. The van der Waals surface area contributed by atoms with Crippen LogP contribution in [0.1, 0.15) is 34.2 Å². The van der Waals surface area contributed by atoms with Crippen molar-refractivity contribution < 1.29 is 75.1 Å². The molecule has 1 heterocycles. The Bertz CT molecular complexity index is 2760. The molecule has 0 radical (unpaired) electrons. The lowest BCUT2D eigenvalue weighted by atomic mass is 10.1. The van der Waals surface area contributed by atoms with Gasteiger partial charge in [-0.1, -0.05) is 60.7 Å². The third-order valence-electron chi connectivity index (χ3n) is 12.9. The van der Waals surface area contributed by atoms with E-state index in [1.165, 1.54) is 0 Å². The molecule has 0 aliphatic heterocycles. The average Bonchev–Trinajstić information content (AvgIpc) is 3.46. The van der Waals surface area contributed by atoms with Crippen LogP contribution < -0.4 is 33.6 Å². The van der Waals surface area contributed by atoms with Crippen molar-refractivity contribution in [2.24, 2.45) is 15.0 Å². The van der Waals surface area contributed by atoms with Gasteiger partial charge in [0.2, 0.25) is 29.8 Å². The van der Waals surface area contributed by atoms with E-state index in [4.69, 9.17) is 43.9 Å². The van der Waals surface area contributed by atoms with Gasteiger partial charge in [-0.2, -0.15) is 19.9 Å². The molecule has 0 aliphatic rings. The summed E-state index contributed by atoms with van der Waals surface area (Å²) in [5.41, 5.74) is 3.54. The first kappa shape index (κ1) is 69.4. The number of nitrogens with zero attached hydrogens (tertiary/aromatic N) is 12. The summed E-state index contributed by atoms with van der Waals surface area (Å²) < 4.78 is 23.6. The van der Waals surface area contributed by atoms with Crippen LogP contribution in [0.25, 0.3) is 0 Å². The standard InChI is InChI=1S/C59H86N12O15/c1-60-55(69(22-29-77)43-49-8-3-5-10-53(49)85-37-33-81)62-56(61-45-66(18-25-73)42-48-7-2-4-9-52(48)84-36-32-80)70(23-30-78)44-50-14-11-47(39-54(50)86-38-34-82)41-71(40-46-12-15-51(16-13-46)83-35-31-79)59-64-57(67(19-26-74)17-6-24-72)63-58(65-59)68(20-27-75)21-28-76/h2-5,7-16,39,72-82H,1,6,17-38,40-45H2. The van der Waals surface area contributed by atoms with Gasteiger partial charge in [0.05, 0.1) is 72.7 Å². The Morgan fingerprint density at radius 3 is 1.38 bits per heavy atom. The highest BCUT2D eigenvalue weighted by Gasteiger charge is 2.24. The van der Waals surface area contributed by atoms with Crippen LogP contribution in [0, 0.1) is 0 Å². The predicted octanol–water partition coefficient (Wildman–Crippen LogP) is -0.312. The highest BCUT2D eigenvalue weighted by atomic mass is 16.5. The minimum Gasteiger partial charge on any atom is -0.491 e. The van der Waals surface area contributed by atoms with Crippen LogP contribution in [-0.2, 0) is 32.7 Å². The molecule has 27 nitrogen and oxygen atoms in total. The van der Waals surface area contributed by atoms with Crippen molar-refractivity contribution in [1.82, 2.24) is 29.7 Å². The van der Waals surface area contributed by atoms with Gasteiger partial charge in [-0.3, -0.25) is 4.90 Å². The van der Waals surface area contributed by atoms with E-state index in [1.54, 1.807) is 49.9 Å². The molecule has 472 valence electrons. The number of ether oxygens (including phenoxy) is 4. The molecule has 1 aromatic heterocycles. The Balaban J connectivity index is 1.66. The number of para-hydroxylation sites is 2. The lowest BCUT2D eigenvalue weighted by Crippen LogP contribution is -2.38. The van der Waals surface area contributed by atoms with Crippen LogP contribution in [0.3, 0.4) is 0 Å². The molecule has 0 amide bonds. The van der Waals surface area contributed by atoms with Crippen molar-refractivity contribution in [2.45, 2.75) is 39.1 Å². The monoisotopic (exact) mass is 1200 g/mol. The molecule has 0 saturated carbocycles. The van der Waals surface area contributed by atoms with Gasteiger partial charge in [-0.15, -0.1) is 0 Å². The minimum absolute atomic E-state index is 0.0126. The second kappa shape index (κ2) is 40.1. The second-order valence-corrected chi connectivity index (χ2v) is 19.1. The van der Waals surface area contributed by atoms with Crippen LogP contribution in [0.15, 0.2) is 106 Å². The first-order chi connectivity index (χ1) is 42.1. The summed E-state index contributed by atoms with van der Waals surface area (Å²) >= 11 is 0. The highest BCUT2D eigenvalue weighted by Crippen LogP contribution is 2.29. The van der Waals surface area contributed by atoms with Crippen molar-refractivity contribution in [1.29, 1.82) is 0 Å². The molecule has 0 bridgehead atoms. The van der Waals surface area contributed by atoms with Gasteiger partial charge in [-0.25, -0.2) is 9.98 Å². The van der Waals surface area contributed by atoms with Crippen LogP contribution in [-0.4, -0.2) is 256 Å². The Kier molecular flexibility index (Phi) is 32.3. The van der Waals surface area contributed by atoms with E-state index in [0.29, 0.717) is 46.1 Å². The van der Waals surface area contributed by atoms with Crippen LogP contribution >= 0.6 is 0 Å². The zero-order chi connectivity index (χ0) is 61.7. The largest absolute Gasteiger partial charge is 0.491 e. The smallest absolute Gasteiger partial charge is 0.232 e. The van der Waals surface area contributed by atoms with Crippen LogP contribution in [0.4, 0.5) is 17.8 Å². The molecule has 86 heavy (non-hydrogen) atoms. The van der Waals surface area contributed by atoms with Gasteiger partial charge in [0, 0.05) is 102 Å². The molecule has 11 N–H and O–H groups in total. The maximum absolute atomic E-state index is 10.8. The third-order valence-corrected chi connectivity index (χ3v) is 12.9. The SMILES string of the molecule is C=NC(=NC(=NCN(CCO)Cc1ccccc1OCCO)N(CCO)Cc1ccc(CN(Cc2ccc(OCCO)cc2)c2nc(N(CCO)CCO)nc(N(CCO)CCCO)n2)cc1OCCO)N(CCO)Cc1ccccc1OCCO. The van der Waals surface area contributed by atoms with Gasteiger partial charge in [-0.05, 0) is 54.6 Å². The van der Waals surface area contributed by atoms with Crippen molar-refractivity contribution in [2.75, 3.05) is 166 Å². The van der Waals surface area contributed by atoms with Gasteiger partial charge in [0.15, 0.2) is 0 Å². The molecule has 0 spiro atoms. The zero-order valence-electron chi connectivity index (χ0n) is 48.8. The normalized spacial score (nSPS) is 11.7. The third kappa shape index (κ3) is 22.8. The molecule has 0 atom stereocenters. The number of aliphatic imine (C=N–C) groups is 3. The number of aromatic nitrogens is 3. The summed E-state index contributed by atoms with van der Waals surface area (Å²) in [6, 6.07) is 27.3. The van der Waals surface area contributed by atoms with E-state index in [2.05, 4.69) is 11.7 Å². The Morgan fingerprint density at radius 2 is 0.860 bits per heavy atom. The maximum Gasteiger partial charge on any atom is 0.232 e. The maximum atomic E-state index is 10.8. The lowest BCUT2D eigenvalue weighted by Gasteiger charge is -2.29. The summed E-state index contributed by atoms with van der Waals surface area (Å²) in [6.07, 6.45) is 0.339.